The molecule has 1 aliphatic rings. The lowest BCUT2D eigenvalue weighted by atomic mass is 10.00. The lowest BCUT2D eigenvalue weighted by molar-refractivity contribution is -0.125. The molecule has 0 aliphatic carbocycles. The molecule has 0 aromatic heterocycles. The zero-order valence-corrected chi connectivity index (χ0v) is 19.4. The van der Waals surface area contributed by atoms with Gasteiger partial charge in [-0.25, -0.2) is 13.6 Å². The minimum atomic E-state index is -3.99. The van der Waals surface area contributed by atoms with Gasteiger partial charge in [0, 0.05) is 0 Å². The van der Waals surface area contributed by atoms with Gasteiger partial charge in [-0.2, -0.15) is 0 Å². The Morgan fingerprint density at radius 1 is 1.06 bits per heavy atom. The smallest absolute Gasteiger partial charge is 0.265 e. The van der Waals surface area contributed by atoms with Gasteiger partial charge in [0.2, 0.25) is 10.0 Å². The quantitative estimate of drug-likeness (QED) is 0.538. The number of hydrogen-bond acceptors (Lipinski definition) is 5. The Morgan fingerprint density at radius 3 is 2.41 bits per heavy atom. The fourth-order valence-electron chi connectivity index (χ4n) is 3.93. The number of nitrogens with zero attached hydrogens (tertiary/aromatic N) is 1. The Kier molecular flexibility index (Phi) is 6.67. The van der Waals surface area contributed by atoms with Crippen molar-refractivity contribution in [2.45, 2.75) is 30.7 Å². The normalized spacial score (nSPS) is 15.4. The highest BCUT2D eigenvalue weighted by molar-refractivity contribution is 7.89. The molecule has 0 bridgehead atoms. The number of sulfonamides is 1. The molecule has 3 aromatic rings. The first-order valence-electron chi connectivity index (χ1n) is 10.8. The number of ether oxygens (including phenoxy) is 1. The van der Waals surface area contributed by atoms with Crippen molar-refractivity contribution in [1.82, 2.24) is 0 Å². The van der Waals surface area contributed by atoms with Crippen LogP contribution in [-0.2, 0) is 26.0 Å². The first-order chi connectivity index (χ1) is 16.3. The van der Waals surface area contributed by atoms with E-state index in [1.165, 1.54) is 28.7 Å². The topological polar surface area (TPSA) is 119 Å². The third-order valence-electron chi connectivity index (χ3n) is 5.53. The number of carbonyl (C=O) groups excluding carboxylic acids is 2. The maximum atomic E-state index is 13.4. The number of nitrogens with one attached hydrogen (secondary N) is 1. The third kappa shape index (κ3) is 4.95. The van der Waals surface area contributed by atoms with Crippen molar-refractivity contribution in [2.24, 2.45) is 5.14 Å². The molecule has 176 valence electrons. The van der Waals surface area contributed by atoms with E-state index in [1.807, 2.05) is 30.3 Å². The average molecular weight is 480 g/mol. The Bertz CT molecular complexity index is 1310. The van der Waals surface area contributed by atoms with Crippen molar-refractivity contribution in [2.75, 3.05) is 16.8 Å². The fourth-order valence-corrected chi connectivity index (χ4v) is 4.47. The SMILES string of the molecule is CCCc1ccc(OCC(=O)N2c3ccc(S(N)(=O)=O)cc3NC(=O)C2c2ccccc2)cc1. The Morgan fingerprint density at radius 2 is 1.76 bits per heavy atom. The number of benzene rings is 3. The maximum Gasteiger partial charge on any atom is 0.265 e. The zero-order chi connectivity index (χ0) is 24.3. The first-order valence-corrected chi connectivity index (χ1v) is 12.4. The van der Waals surface area contributed by atoms with Crippen LogP contribution in [0.5, 0.6) is 5.75 Å². The number of nitrogens with two attached hydrogens (primary N) is 1. The summed E-state index contributed by atoms with van der Waals surface area (Å²) in [4.78, 5) is 27.6. The first kappa shape index (κ1) is 23.5. The van der Waals surface area contributed by atoms with E-state index in [-0.39, 0.29) is 17.2 Å². The van der Waals surface area contributed by atoms with E-state index in [2.05, 4.69) is 12.2 Å². The highest BCUT2D eigenvalue weighted by Gasteiger charge is 2.38. The number of hydrogen-bond donors (Lipinski definition) is 2. The van der Waals surface area contributed by atoms with Crippen molar-refractivity contribution < 1.29 is 22.7 Å². The van der Waals surface area contributed by atoms with Crippen molar-refractivity contribution in [1.29, 1.82) is 0 Å². The van der Waals surface area contributed by atoms with Crippen LogP contribution in [0.15, 0.2) is 77.7 Å². The summed E-state index contributed by atoms with van der Waals surface area (Å²) in [7, 11) is -3.99. The van der Waals surface area contributed by atoms with E-state index < -0.39 is 27.9 Å². The van der Waals surface area contributed by atoms with Gasteiger partial charge in [0.25, 0.3) is 11.8 Å². The molecule has 8 nitrogen and oxygen atoms in total. The summed E-state index contributed by atoms with van der Waals surface area (Å²) >= 11 is 0. The van der Waals surface area contributed by atoms with E-state index in [0.29, 0.717) is 17.0 Å². The lowest BCUT2D eigenvalue weighted by Gasteiger charge is -2.36. The van der Waals surface area contributed by atoms with E-state index >= 15 is 0 Å². The van der Waals surface area contributed by atoms with Crippen LogP contribution in [0.3, 0.4) is 0 Å². The summed E-state index contributed by atoms with van der Waals surface area (Å²) in [6, 6.07) is 19.5. The number of primary sulfonamides is 1. The van der Waals surface area contributed by atoms with Crippen molar-refractivity contribution in [3.05, 3.63) is 83.9 Å². The van der Waals surface area contributed by atoms with Crippen LogP contribution in [0, 0.1) is 0 Å². The molecule has 1 atom stereocenters. The summed E-state index contributed by atoms with van der Waals surface area (Å²) in [5.41, 5.74) is 2.32. The van der Waals surface area contributed by atoms with Gasteiger partial charge < -0.3 is 10.1 Å². The van der Waals surface area contributed by atoms with Gasteiger partial charge in [-0.15, -0.1) is 0 Å². The van der Waals surface area contributed by atoms with Crippen LogP contribution < -0.4 is 20.1 Å². The molecule has 4 rings (SSSR count). The van der Waals surface area contributed by atoms with Crippen molar-refractivity contribution >= 4 is 33.2 Å². The molecule has 1 heterocycles. The van der Waals surface area contributed by atoms with Gasteiger partial charge in [-0.3, -0.25) is 14.5 Å². The highest BCUT2D eigenvalue weighted by Crippen LogP contribution is 2.39. The largest absolute Gasteiger partial charge is 0.484 e. The summed E-state index contributed by atoms with van der Waals surface area (Å²) < 4.78 is 29.3. The van der Waals surface area contributed by atoms with Gasteiger partial charge in [0.05, 0.1) is 16.3 Å². The van der Waals surface area contributed by atoms with E-state index in [4.69, 9.17) is 9.88 Å². The predicted octanol–water partition coefficient (Wildman–Crippen LogP) is 3.39. The lowest BCUT2D eigenvalue weighted by Crippen LogP contribution is -2.47. The second-order valence-electron chi connectivity index (χ2n) is 7.97. The van der Waals surface area contributed by atoms with E-state index in [1.54, 1.807) is 24.3 Å². The summed E-state index contributed by atoms with van der Waals surface area (Å²) in [6.07, 6.45) is 1.99. The molecule has 1 aliphatic heterocycles. The van der Waals surface area contributed by atoms with Gasteiger partial charge in [0.1, 0.15) is 11.8 Å². The van der Waals surface area contributed by atoms with E-state index in [0.717, 1.165) is 12.8 Å². The number of fused-ring (bicyclic) bond motifs is 1. The molecule has 0 fully saturated rings. The third-order valence-corrected chi connectivity index (χ3v) is 6.44. The summed E-state index contributed by atoms with van der Waals surface area (Å²) in [6.45, 7) is 1.80. The molecule has 9 heteroatoms. The number of anilines is 2. The minimum absolute atomic E-state index is 0.166. The van der Waals surface area contributed by atoms with Crippen LogP contribution in [0.4, 0.5) is 11.4 Å². The second kappa shape index (κ2) is 9.66. The second-order valence-corrected chi connectivity index (χ2v) is 9.53. The summed E-state index contributed by atoms with van der Waals surface area (Å²) in [5.74, 6) is -0.385. The van der Waals surface area contributed by atoms with Gasteiger partial charge in [0.15, 0.2) is 6.61 Å². The molecule has 0 saturated carbocycles. The van der Waals surface area contributed by atoms with Crippen LogP contribution in [0.1, 0.15) is 30.5 Å². The molecule has 2 amide bonds. The average Bonchev–Trinajstić information content (AvgIpc) is 2.82. The molecule has 0 saturated heterocycles. The minimum Gasteiger partial charge on any atom is -0.484 e. The Hall–Kier alpha value is -3.69. The van der Waals surface area contributed by atoms with Gasteiger partial charge >= 0.3 is 0 Å². The van der Waals surface area contributed by atoms with Gasteiger partial charge in [-0.1, -0.05) is 55.8 Å². The molecule has 0 spiro atoms. The van der Waals surface area contributed by atoms with Crippen LogP contribution in [0.2, 0.25) is 0 Å². The maximum absolute atomic E-state index is 13.4. The number of amides is 2. The predicted molar refractivity (Wildman–Crippen MR) is 129 cm³/mol. The standard InChI is InChI=1S/C25H25N3O5S/c1-2-6-17-9-11-19(12-10-17)33-16-23(29)28-22-14-13-20(34(26,31)32)15-21(22)27-25(30)24(28)18-7-4-3-5-8-18/h3-5,7-15,24H,2,6,16H2,1H3,(H,27,30)(H2,26,31,32). The molecular weight excluding hydrogens is 454 g/mol. The molecule has 34 heavy (non-hydrogen) atoms. The van der Waals surface area contributed by atoms with E-state index in [9.17, 15) is 18.0 Å². The highest BCUT2D eigenvalue weighted by atomic mass is 32.2. The number of rotatable bonds is 7. The Balaban J connectivity index is 1.67. The number of aryl methyl sites for hydroxylation is 1. The van der Waals surface area contributed by atoms with Crippen LogP contribution in [0.25, 0.3) is 0 Å². The molecular formula is C25H25N3O5S. The van der Waals surface area contributed by atoms with Crippen LogP contribution >= 0.6 is 0 Å². The monoisotopic (exact) mass is 479 g/mol. The Labute approximate surface area is 198 Å². The molecule has 3 aromatic carbocycles. The molecule has 3 N–H and O–H groups in total. The number of carbonyl (C=O) groups is 2. The molecule has 1 unspecified atom stereocenters. The molecule has 0 radical (unpaired) electrons. The van der Waals surface area contributed by atoms with Crippen molar-refractivity contribution in [3.8, 4) is 5.75 Å². The van der Waals surface area contributed by atoms with Crippen LogP contribution in [-0.4, -0.2) is 26.8 Å². The zero-order valence-electron chi connectivity index (χ0n) is 18.6. The van der Waals surface area contributed by atoms with Gasteiger partial charge in [-0.05, 0) is 47.9 Å². The summed E-state index contributed by atoms with van der Waals surface area (Å²) in [5, 5.41) is 7.94. The fraction of sp³-hybridized carbons (Fsp3) is 0.200. The van der Waals surface area contributed by atoms with Crippen molar-refractivity contribution in [3.63, 3.8) is 0 Å².